The molecule has 0 heterocycles. The van der Waals surface area contributed by atoms with E-state index in [0.29, 0.717) is 17.4 Å². The van der Waals surface area contributed by atoms with E-state index in [9.17, 15) is 23.3 Å². The first-order valence-electron chi connectivity index (χ1n) is 10.4. The van der Waals surface area contributed by atoms with E-state index in [1.165, 1.54) is 56.0 Å². The third-order valence-corrected chi connectivity index (χ3v) is 7.91. The van der Waals surface area contributed by atoms with Gasteiger partial charge in [-0.3, -0.25) is 19.6 Å². The zero-order chi connectivity index (χ0) is 22.2. The van der Waals surface area contributed by atoms with Gasteiger partial charge in [0.05, 0.1) is 9.82 Å². The summed E-state index contributed by atoms with van der Waals surface area (Å²) in [6.45, 7) is 2.06. The molecule has 0 saturated heterocycles. The molecule has 2 saturated carbocycles. The van der Waals surface area contributed by atoms with E-state index >= 15 is 0 Å². The molecular weight excluding hydrogens is 418 g/mol. The van der Waals surface area contributed by atoms with Crippen LogP contribution in [0, 0.1) is 27.9 Å². The summed E-state index contributed by atoms with van der Waals surface area (Å²) in [5, 5.41) is 14.0. The van der Waals surface area contributed by atoms with Crippen LogP contribution < -0.4 is 10.0 Å². The maximum atomic E-state index is 12.6. The molecule has 2 N–H and O–H groups in total. The number of amides is 1. The topological polar surface area (TPSA) is 118 Å². The fourth-order valence-electron chi connectivity index (χ4n) is 4.97. The number of nitrogens with zero attached hydrogens (tertiary/aromatic N) is 1. The second kappa shape index (κ2) is 8.30. The number of carbonyl (C=O) groups is 1. The Morgan fingerprint density at radius 3 is 2.48 bits per heavy atom. The molecule has 2 aliphatic carbocycles. The van der Waals surface area contributed by atoms with Gasteiger partial charge in [-0.05, 0) is 74.3 Å². The number of non-ortho nitro benzene ring substituents is 1. The maximum absolute atomic E-state index is 12.6. The number of hydrogen-bond acceptors (Lipinski definition) is 5. The number of nitro groups is 1. The molecule has 2 aliphatic rings. The third-order valence-electron chi connectivity index (χ3n) is 6.53. The number of hydrogen-bond donors (Lipinski definition) is 2. The number of rotatable bonds is 7. The number of carbonyl (C=O) groups excluding carboxylic acids is 1. The first-order valence-corrected chi connectivity index (χ1v) is 11.9. The number of fused-ring (bicyclic) bond motifs is 2. The fraction of sp³-hybridized carbons (Fsp3) is 0.409. The largest absolute Gasteiger partial charge is 0.349 e. The average Bonchev–Trinajstić information content (AvgIpc) is 3.38. The van der Waals surface area contributed by atoms with Crippen LogP contribution in [0.25, 0.3) is 0 Å². The standard InChI is InChI=1S/C22H25N3O5S/c1-14(21-12-15-5-6-17(21)11-15)23-22(26)16-7-9-18(10-8-16)24-31(29,30)20-4-2-3-19(13-20)25(27)28/h2-4,7-10,13-15,17,21,24H,5-6,11-12H2,1H3,(H,23,26). The van der Waals surface area contributed by atoms with Crippen LogP contribution in [0.4, 0.5) is 11.4 Å². The molecule has 9 heteroatoms. The lowest BCUT2D eigenvalue weighted by Gasteiger charge is -2.28. The second-order valence-corrected chi connectivity index (χ2v) is 10.2. The minimum atomic E-state index is -3.99. The van der Waals surface area contributed by atoms with E-state index in [4.69, 9.17) is 0 Å². The lowest BCUT2D eigenvalue weighted by molar-refractivity contribution is -0.385. The van der Waals surface area contributed by atoms with Gasteiger partial charge < -0.3 is 5.32 Å². The minimum Gasteiger partial charge on any atom is -0.349 e. The Kier molecular flexibility index (Phi) is 5.70. The van der Waals surface area contributed by atoms with Crippen LogP contribution in [0.2, 0.25) is 0 Å². The highest BCUT2D eigenvalue weighted by Gasteiger charge is 2.42. The summed E-state index contributed by atoms with van der Waals surface area (Å²) >= 11 is 0. The van der Waals surface area contributed by atoms with E-state index in [1.807, 2.05) is 0 Å². The Bertz CT molecular complexity index is 1100. The van der Waals surface area contributed by atoms with E-state index in [1.54, 1.807) is 12.1 Å². The highest BCUT2D eigenvalue weighted by molar-refractivity contribution is 7.92. The molecule has 2 bridgehead atoms. The third kappa shape index (κ3) is 4.56. The number of nitro benzene ring substituents is 1. The van der Waals surface area contributed by atoms with Gasteiger partial charge in [0.2, 0.25) is 0 Å². The average molecular weight is 444 g/mol. The van der Waals surface area contributed by atoms with Crippen molar-refractivity contribution in [2.75, 3.05) is 4.72 Å². The highest BCUT2D eigenvalue weighted by Crippen LogP contribution is 2.49. The molecule has 2 aromatic rings. The molecule has 31 heavy (non-hydrogen) atoms. The van der Waals surface area contributed by atoms with Crippen molar-refractivity contribution in [2.45, 2.75) is 43.5 Å². The number of benzene rings is 2. The minimum absolute atomic E-state index is 0.106. The molecule has 1 amide bonds. The Balaban J connectivity index is 1.40. The predicted octanol–water partition coefficient (Wildman–Crippen LogP) is 3.95. The molecule has 0 aromatic heterocycles. The summed E-state index contributed by atoms with van der Waals surface area (Å²) in [7, 11) is -3.99. The van der Waals surface area contributed by atoms with Crippen molar-refractivity contribution in [3.8, 4) is 0 Å². The molecule has 0 aliphatic heterocycles. The molecule has 4 unspecified atom stereocenters. The zero-order valence-electron chi connectivity index (χ0n) is 17.2. The second-order valence-electron chi connectivity index (χ2n) is 8.54. The van der Waals surface area contributed by atoms with Gasteiger partial charge in [-0.2, -0.15) is 0 Å². The van der Waals surface area contributed by atoms with Crippen LogP contribution in [0.5, 0.6) is 0 Å². The van der Waals surface area contributed by atoms with Gasteiger partial charge in [0.1, 0.15) is 0 Å². The van der Waals surface area contributed by atoms with Gasteiger partial charge >= 0.3 is 0 Å². The van der Waals surface area contributed by atoms with Crippen LogP contribution in [-0.4, -0.2) is 25.3 Å². The molecule has 8 nitrogen and oxygen atoms in total. The molecule has 164 valence electrons. The van der Waals surface area contributed by atoms with Crippen molar-refractivity contribution in [1.29, 1.82) is 0 Å². The Labute approximate surface area is 181 Å². The van der Waals surface area contributed by atoms with Crippen LogP contribution >= 0.6 is 0 Å². The van der Waals surface area contributed by atoms with E-state index < -0.39 is 14.9 Å². The van der Waals surface area contributed by atoms with Crippen molar-refractivity contribution in [1.82, 2.24) is 5.32 Å². The highest BCUT2D eigenvalue weighted by atomic mass is 32.2. The predicted molar refractivity (Wildman–Crippen MR) is 116 cm³/mol. The quantitative estimate of drug-likeness (QED) is 0.496. The number of sulfonamides is 1. The molecule has 2 aromatic carbocycles. The summed E-state index contributed by atoms with van der Waals surface area (Å²) in [5.41, 5.74) is 0.414. The Morgan fingerprint density at radius 1 is 1.13 bits per heavy atom. The monoisotopic (exact) mass is 443 g/mol. The van der Waals surface area contributed by atoms with Crippen LogP contribution in [-0.2, 0) is 10.0 Å². The summed E-state index contributed by atoms with van der Waals surface area (Å²) in [6, 6.07) is 11.1. The van der Waals surface area contributed by atoms with E-state index in [2.05, 4.69) is 17.0 Å². The molecule has 0 spiro atoms. The Morgan fingerprint density at radius 2 is 1.87 bits per heavy atom. The summed E-state index contributed by atoms with van der Waals surface area (Å²) in [4.78, 5) is 22.7. The summed E-state index contributed by atoms with van der Waals surface area (Å²) in [6.07, 6.45) is 5.04. The zero-order valence-corrected chi connectivity index (χ0v) is 18.0. The SMILES string of the molecule is CC(NC(=O)c1ccc(NS(=O)(=O)c2cccc([N+](=O)[O-])c2)cc1)C1CC2CCC1C2. The van der Waals surface area contributed by atoms with Gasteiger partial charge in [0, 0.05) is 29.4 Å². The molecule has 4 rings (SSSR count). The van der Waals surface area contributed by atoms with E-state index in [-0.39, 0.29) is 28.2 Å². The van der Waals surface area contributed by atoms with Crippen molar-refractivity contribution < 1.29 is 18.1 Å². The lowest BCUT2D eigenvalue weighted by Crippen LogP contribution is -2.40. The van der Waals surface area contributed by atoms with Gasteiger partial charge in [0.25, 0.3) is 21.6 Å². The van der Waals surface area contributed by atoms with Gasteiger partial charge in [-0.25, -0.2) is 8.42 Å². The number of anilines is 1. The van der Waals surface area contributed by atoms with Crippen molar-refractivity contribution in [3.63, 3.8) is 0 Å². The molecular formula is C22H25N3O5S. The van der Waals surface area contributed by atoms with Crippen molar-refractivity contribution in [2.24, 2.45) is 17.8 Å². The van der Waals surface area contributed by atoms with Crippen molar-refractivity contribution >= 4 is 27.3 Å². The maximum Gasteiger partial charge on any atom is 0.270 e. The summed E-state index contributed by atoms with van der Waals surface area (Å²) < 4.78 is 27.5. The van der Waals surface area contributed by atoms with E-state index in [0.717, 1.165) is 12.0 Å². The van der Waals surface area contributed by atoms with Crippen molar-refractivity contribution in [3.05, 3.63) is 64.2 Å². The lowest BCUT2D eigenvalue weighted by atomic mass is 9.84. The van der Waals surface area contributed by atoms with Gasteiger partial charge in [-0.1, -0.05) is 12.5 Å². The Hall–Kier alpha value is -2.94. The van der Waals surface area contributed by atoms with Gasteiger partial charge in [0.15, 0.2) is 0 Å². The molecule has 0 radical (unpaired) electrons. The van der Waals surface area contributed by atoms with Gasteiger partial charge in [-0.15, -0.1) is 0 Å². The smallest absolute Gasteiger partial charge is 0.270 e. The normalized spacial score (nSPS) is 23.3. The van der Waals surface area contributed by atoms with Crippen LogP contribution in [0.15, 0.2) is 53.4 Å². The molecule has 2 fully saturated rings. The van der Waals surface area contributed by atoms with Crippen LogP contribution in [0.1, 0.15) is 43.0 Å². The van der Waals surface area contributed by atoms with Crippen LogP contribution in [0.3, 0.4) is 0 Å². The molecule has 4 atom stereocenters. The number of nitrogens with one attached hydrogen (secondary N) is 2. The first kappa shape index (κ1) is 21.3. The summed E-state index contributed by atoms with van der Waals surface area (Å²) in [5.74, 6) is 1.88. The fourth-order valence-corrected chi connectivity index (χ4v) is 6.07. The first-order chi connectivity index (χ1) is 14.7.